The molecule has 2 nitrogen and oxygen atoms in total. The van der Waals surface area contributed by atoms with E-state index in [0.717, 1.165) is 19.1 Å². The lowest BCUT2D eigenvalue weighted by Crippen LogP contribution is -2.69. The quantitative estimate of drug-likeness (QED) is 0.749. The van der Waals surface area contributed by atoms with Gasteiger partial charge in [0.2, 0.25) is 0 Å². The molecule has 2 fully saturated rings. The van der Waals surface area contributed by atoms with E-state index in [-0.39, 0.29) is 0 Å². The molecule has 3 unspecified atom stereocenters. The molecule has 1 saturated heterocycles. The van der Waals surface area contributed by atoms with E-state index in [1.165, 1.54) is 19.3 Å². The van der Waals surface area contributed by atoms with Crippen molar-refractivity contribution in [3.05, 3.63) is 0 Å². The largest absolute Gasteiger partial charge is 0.377 e. The van der Waals surface area contributed by atoms with E-state index in [2.05, 4.69) is 26.1 Å². The van der Waals surface area contributed by atoms with Crippen molar-refractivity contribution >= 4 is 0 Å². The Hall–Kier alpha value is -0.0800. The van der Waals surface area contributed by atoms with E-state index in [1.807, 2.05) is 0 Å². The Balaban J connectivity index is 1.95. The zero-order valence-corrected chi connectivity index (χ0v) is 9.68. The van der Waals surface area contributed by atoms with Crippen LogP contribution < -0.4 is 5.32 Å². The van der Waals surface area contributed by atoms with E-state index in [4.69, 9.17) is 4.74 Å². The SMILES string of the molecule is CCCNC1C2CCCOC2C1(C)C. The van der Waals surface area contributed by atoms with Gasteiger partial charge in [-0.15, -0.1) is 0 Å². The molecular formula is C12H23NO. The Bertz CT molecular complexity index is 202. The summed E-state index contributed by atoms with van der Waals surface area (Å²) < 4.78 is 5.86. The minimum atomic E-state index is 0.347. The van der Waals surface area contributed by atoms with Crippen molar-refractivity contribution in [3.8, 4) is 0 Å². The van der Waals surface area contributed by atoms with Crippen LogP contribution >= 0.6 is 0 Å². The highest BCUT2D eigenvalue weighted by atomic mass is 16.5. The molecule has 1 heterocycles. The van der Waals surface area contributed by atoms with Crippen LogP contribution in [0.4, 0.5) is 0 Å². The predicted molar refractivity (Wildman–Crippen MR) is 58.3 cm³/mol. The number of hydrogen-bond acceptors (Lipinski definition) is 2. The van der Waals surface area contributed by atoms with Crippen LogP contribution in [0.3, 0.4) is 0 Å². The summed E-state index contributed by atoms with van der Waals surface area (Å²) in [5.74, 6) is 0.783. The van der Waals surface area contributed by atoms with E-state index in [0.29, 0.717) is 17.6 Å². The summed E-state index contributed by atoms with van der Waals surface area (Å²) in [6.45, 7) is 9.04. The van der Waals surface area contributed by atoms with Crippen LogP contribution in [0.15, 0.2) is 0 Å². The minimum absolute atomic E-state index is 0.347. The molecule has 0 aromatic rings. The number of fused-ring (bicyclic) bond motifs is 1. The van der Waals surface area contributed by atoms with Gasteiger partial charge in [-0.1, -0.05) is 20.8 Å². The molecule has 82 valence electrons. The Kier molecular flexibility index (Phi) is 2.85. The number of nitrogens with one attached hydrogen (secondary N) is 1. The van der Waals surface area contributed by atoms with Crippen LogP contribution in [0.5, 0.6) is 0 Å². The van der Waals surface area contributed by atoms with E-state index >= 15 is 0 Å². The van der Waals surface area contributed by atoms with Crippen molar-refractivity contribution in [2.45, 2.75) is 52.2 Å². The van der Waals surface area contributed by atoms with E-state index in [9.17, 15) is 0 Å². The van der Waals surface area contributed by atoms with Crippen molar-refractivity contribution in [3.63, 3.8) is 0 Å². The molecule has 1 aliphatic carbocycles. The van der Waals surface area contributed by atoms with Gasteiger partial charge in [0, 0.05) is 24.0 Å². The van der Waals surface area contributed by atoms with Gasteiger partial charge in [0.15, 0.2) is 0 Å². The van der Waals surface area contributed by atoms with Crippen LogP contribution in [0.1, 0.15) is 40.0 Å². The second-order valence-corrected chi connectivity index (χ2v) is 5.35. The second-order valence-electron chi connectivity index (χ2n) is 5.35. The summed E-state index contributed by atoms with van der Waals surface area (Å²) >= 11 is 0. The number of rotatable bonds is 3. The maximum Gasteiger partial charge on any atom is 0.0684 e. The van der Waals surface area contributed by atoms with Gasteiger partial charge >= 0.3 is 0 Å². The van der Waals surface area contributed by atoms with Crippen LogP contribution in [-0.4, -0.2) is 25.3 Å². The summed E-state index contributed by atoms with van der Waals surface area (Å²) in [6.07, 6.45) is 4.35. The molecule has 0 bridgehead atoms. The summed E-state index contributed by atoms with van der Waals surface area (Å²) in [7, 11) is 0. The lowest BCUT2D eigenvalue weighted by atomic mass is 9.55. The lowest BCUT2D eigenvalue weighted by Gasteiger charge is -2.60. The second kappa shape index (κ2) is 3.82. The topological polar surface area (TPSA) is 21.3 Å². The van der Waals surface area contributed by atoms with Gasteiger partial charge in [-0.05, 0) is 25.8 Å². The number of hydrogen-bond donors (Lipinski definition) is 1. The van der Waals surface area contributed by atoms with E-state index in [1.54, 1.807) is 0 Å². The molecule has 0 spiro atoms. The van der Waals surface area contributed by atoms with Crippen LogP contribution in [-0.2, 0) is 4.74 Å². The van der Waals surface area contributed by atoms with Gasteiger partial charge < -0.3 is 10.1 Å². The monoisotopic (exact) mass is 197 g/mol. The van der Waals surface area contributed by atoms with Gasteiger partial charge in [-0.25, -0.2) is 0 Å². The van der Waals surface area contributed by atoms with Crippen LogP contribution in [0.25, 0.3) is 0 Å². The highest BCUT2D eigenvalue weighted by Crippen LogP contribution is 2.51. The van der Waals surface area contributed by atoms with Gasteiger partial charge in [0.05, 0.1) is 6.10 Å². The molecule has 2 rings (SSSR count). The summed E-state index contributed by atoms with van der Waals surface area (Å²) in [6, 6.07) is 0.688. The fourth-order valence-corrected chi connectivity index (χ4v) is 3.24. The molecule has 1 saturated carbocycles. The minimum Gasteiger partial charge on any atom is -0.377 e. The first-order valence-electron chi connectivity index (χ1n) is 6.03. The third-order valence-corrected chi connectivity index (χ3v) is 3.95. The van der Waals surface area contributed by atoms with Crippen molar-refractivity contribution in [1.29, 1.82) is 0 Å². The summed E-state index contributed by atoms with van der Waals surface area (Å²) in [5, 5.41) is 3.68. The zero-order chi connectivity index (χ0) is 10.2. The molecule has 2 aliphatic rings. The molecule has 1 aliphatic heterocycles. The Morgan fingerprint density at radius 1 is 1.43 bits per heavy atom. The summed E-state index contributed by atoms with van der Waals surface area (Å²) in [5.41, 5.74) is 0.347. The molecule has 0 amide bonds. The standard InChI is InChI=1S/C12H23NO/c1-4-7-13-10-9-6-5-8-14-11(9)12(10,2)3/h9-11,13H,4-8H2,1-3H3. The van der Waals surface area contributed by atoms with E-state index < -0.39 is 0 Å². The van der Waals surface area contributed by atoms with Gasteiger partial charge in [-0.3, -0.25) is 0 Å². The van der Waals surface area contributed by atoms with Gasteiger partial charge in [0.1, 0.15) is 0 Å². The molecule has 1 N–H and O–H groups in total. The average Bonchev–Trinajstić information content (AvgIpc) is 2.18. The highest BCUT2D eigenvalue weighted by molar-refractivity contribution is 5.10. The lowest BCUT2D eigenvalue weighted by molar-refractivity contribution is -0.192. The highest BCUT2D eigenvalue weighted by Gasteiger charge is 2.57. The molecule has 0 aromatic carbocycles. The van der Waals surface area contributed by atoms with Crippen molar-refractivity contribution in [2.75, 3.05) is 13.2 Å². The first-order chi connectivity index (χ1) is 6.68. The van der Waals surface area contributed by atoms with Crippen LogP contribution in [0.2, 0.25) is 0 Å². The Labute approximate surface area is 87.4 Å². The van der Waals surface area contributed by atoms with Crippen molar-refractivity contribution in [2.24, 2.45) is 11.3 Å². The molecular weight excluding hydrogens is 174 g/mol. The first-order valence-corrected chi connectivity index (χ1v) is 6.03. The molecule has 2 heteroatoms. The van der Waals surface area contributed by atoms with Gasteiger partial charge in [-0.2, -0.15) is 0 Å². The average molecular weight is 197 g/mol. The zero-order valence-electron chi connectivity index (χ0n) is 9.68. The molecule has 14 heavy (non-hydrogen) atoms. The fourth-order valence-electron chi connectivity index (χ4n) is 3.24. The maximum atomic E-state index is 5.86. The van der Waals surface area contributed by atoms with Crippen molar-refractivity contribution < 1.29 is 4.74 Å². The third-order valence-electron chi connectivity index (χ3n) is 3.95. The first kappa shape index (κ1) is 10.4. The fraction of sp³-hybridized carbons (Fsp3) is 1.00. The predicted octanol–water partition coefficient (Wildman–Crippen LogP) is 2.19. The molecule has 0 radical (unpaired) electrons. The van der Waals surface area contributed by atoms with Crippen LogP contribution in [0, 0.1) is 11.3 Å². The van der Waals surface area contributed by atoms with Gasteiger partial charge in [0.25, 0.3) is 0 Å². The summed E-state index contributed by atoms with van der Waals surface area (Å²) in [4.78, 5) is 0. The normalized spacial score (nSPS) is 40.1. The third kappa shape index (κ3) is 1.49. The molecule has 3 atom stereocenters. The Morgan fingerprint density at radius 2 is 2.21 bits per heavy atom. The van der Waals surface area contributed by atoms with Crippen molar-refractivity contribution in [1.82, 2.24) is 5.32 Å². The smallest absolute Gasteiger partial charge is 0.0684 e. The Morgan fingerprint density at radius 3 is 2.93 bits per heavy atom. The molecule has 0 aromatic heterocycles. The number of ether oxygens (including phenoxy) is 1. The maximum absolute atomic E-state index is 5.86.